The molecule has 1 saturated heterocycles. The SMILES string of the molecule is Cc1ccc(-c2cc(N3CCOC(c4cnn(C)c4)C3)cc3nc(C)c(C)nc23)c(F)c1. The van der Waals surface area contributed by atoms with Crippen molar-refractivity contribution in [2.45, 2.75) is 26.9 Å². The number of fused-ring (bicyclic) bond motifs is 1. The third-order valence-corrected chi connectivity index (χ3v) is 6.11. The fraction of sp³-hybridized carbons (Fsp3) is 0.320. The van der Waals surface area contributed by atoms with Crippen molar-refractivity contribution in [1.29, 1.82) is 0 Å². The Hall–Kier alpha value is -3.32. The predicted molar refractivity (Wildman–Crippen MR) is 123 cm³/mol. The summed E-state index contributed by atoms with van der Waals surface area (Å²) < 4.78 is 22.8. The van der Waals surface area contributed by atoms with Gasteiger partial charge in [0.2, 0.25) is 0 Å². The first kappa shape index (κ1) is 20.6. The molecule has 1 unspecified atom stereocenters. The van der Waals surface area contributed by atoms with Crippen molar-refractivity contribution < 1.29 is 9.13 Å². The topological polar surface area (TPSA) is 56.1 Å². The molecule has 1 aliphatic rings. The zero-order valence-electron chi connectivity index (χ0n) is 18.8. The summed E-state index contributed by atoms with van der Waals surface area (Å²) in [5, 5.41) is 4.28. The van der Waals surface area contributed by atoms with Crippen LogP contribution in [0.15, 0.2) is 42.7 Å². The highest BCUT2D eigenvalue weighted by molar-refractivity contribution is 5.95. The number of hydrogen-bond donors (Lipinski definition) is 0. The molecule has 2 aromatic heterocycles. The van der Waals surface area contributed by atoms with E-state index in [9.17, 15) is 0 Å². The molecule has 1 atom stereocenters. The summed E-state index contributed by atoms with van der Waals surface area (Å²) in [5.41, 5.74) is 7.43. The van der Waals surface area contributed by atoms with Gasteiger partial charge >= 0.3 is 0 Å². The lowest BCUT2D eigenvalue weighted by Gasteiger charge is -2.34. The number of rotatable bonds is 3. The van der Waals surface area contributed by atoms with Crippen LogP contribution in [-0.4, -0.2) is 39.4 Å². The van der Waals surface area contributed by atoms with E-state index < -0.39 is 0 Å². The van der Waals surface area contributed by atoms with Gasteiger partial charge in [-0.2, -0.15) is 5.10 Å². The van der Waals surface area contributed by atoms with Crippen LogP contribution < -0.4 is 4.90 Å². The lowest BCUT2D eigenvalue weighted by Crippen LogP contribution is -2.38. The molecular formula is C25H26FN5O. The summed E-state index contributed by atoms with van der Waals surface area (Å²) in [6, 6.07) is 9.41. The lowest BCUT2D eigenvalue weighted by molar-refractivity contribution is 0.0397. The Kier molecular flexibility index (Phi) is 5.13. The monoisotopic (exact) mass is 431 g/mol. The van der Waals surface area contributed by atoms with Gasteiger partial charge in [0.15, 0.2) is 0 Å². The van der Waals surface area contributed by atoms with E-state index in [1.165, 1.54) is 0 Å². The van der Waals surface area contributed by atoms with E-state index in [-0.39, 0.29) is 11.9 Å². The number of morpholine rings is 1. The van der Waals surface area contributed by atoms with E-state index in [1.807, 2.05) is 58.4 Å². The van der Waals surface area contributed by atoms with Crippen molar-refractivity contribution in [2.75, 3.05) is 24.6 Å². The summed E-state index contributed by atoms with van der Waals surface area (Å²) in [6.45, 7) is 7.81. The maximum Gasteiger partial charge on any atom is 0.131 e. The predicted octanol–water partition coefficient (Wildman–Crippen LogP) is 4.67. The highest BCUT2D eigenvalue weighted by Crippen LogP contribution is 2.35. The number of aromatic nitrogens is 4. The van der Waals surface area contributed by atoms with Crippen LogP contribution in [0.5, 0.6) is 0 Å². The van der Waals surface area contributed by atoms with Crippen molar-refractivity contribution in [2.24, 2.45) is 7.05 Å². The molecule has 6 nitrogen and oxygen atoms in total. The summed E-state index contributed by atoms with van der Waals surface area (Å²) in [7, 11) is 1.90. The van der Waals surface area contributed by atoms with Gasteiger partial charge in [-0.3, -0.25) is 4.68 Å². The van der Waals surface area contributed by atoms with Crippen molar-refractivity contribution in [3.63, 3.8) is 0 Å². The minimum atomic E-state index is -0.251. The minimum absolute atomic E-state index is 0.0708. The molecule has 4 aromatic rings. The molecule has 2 aromatic carbocycles. The van der Waals surface area contributed by atoms with Gasteiger partial charge in [-0.05, 0) is 44.5 Å². The highest BCUT2D eigenvalue weighted by atomic mass is 19.1. The Labute approximate surface area is 186 Å². The number of nitrogens with zero attached hydrogens (tertiary/aromatic N) is 5. The molecule has 0 radical (unpaired) electrons. The van der Waals surface area contributed by atoms with E-state index in [1.54, 1.807) is 10.7 Å². The first-order valence-corrected chi connectivity index (χ1v) is 10.8. The number of hydrogen-bond acceptors (Lipinski definition) is 5. The molecule has 7 heteroatoms. The number of aryl methyl sites for hydroxylation is 4. The van der Waals surface area contributed by atoms with Crippen LogP contribution >= 0.6 is 0 Å². The van der Waals surface area contributed by atoms with E-state index >= 15 is 4.39 Å². The quantitative estimate of drug-likeness (QED) is 0.472. The van der Waals surface area contributed by atoms with Crippen molar-refractivity contribution in [1.82, 2.24) is 19.7 Å². The fourth-order valence-electron chi connectivity index (χ4n) is 4.24. The van der Waals surface area contributed by atoms with Crippen molar-refractivity contribution >= 4 is 16.7 Å². The molecule has 164 valence electrons. The van der Waals surface area contributed by atoms with Crippen LogP contribution in [0.2, 0.25) is 0 Å². The van der Waals surface area contributed by atoms with Gasteiger partial charge in [0, 0.05) is 48.7 Å². The molecule has 0 aliphatic carbocycles. The van der Waals surface area contributed by atoms with E-state index in [4.69, 9.17) is 14.7 Å². The fourth-order valence-corrected chi connectivity index (χ4v) is 4.24. The Morgan fingerprint density at radius 2 is 1.84 bits per heavy atom. The second kappa shape index (κ2) is 7.98. The zero-order chi connectivity index (χ0) is 22.4. The Bertz CT molecular complexity index is 1320. The number of anilines is 1. The van der Waals surface area contributed by atoms with Crippen LogP contribution in [0, 0.1) is 26.6 Å². The minimum Gasteiger partial charge on any atom is -0.370 e. The Balaban J connectivity index is 1.62. The molecule has 32 heavy (non-hydrogen) atoms. The third-order valence-electron chi connectivity index (χ3n) is 6.11. The van der Waals surface area contributed by atoms with Gasteiger partial charge in [0.25, 0.3) is 0 Å². The average Bonchev–Trinajstić information content (AvgIpc) is 3.21. The van der Waals surface area contributed by atoms with Gasteiger partial charge in [-0.1, -0.05) is 12.1 Å². The lowest BCUT2D eigenvalue weighted by atomic mass is 10.00. The van der Waals surface area contributed by atoms with Crippen LogP contribution in [0.25, 0.3) is 22.2 Å². The van der Waals surface area contributed by atoms with Crippen molar-refractivity contribution in [3.05, 3.63) is 71.1 Å². The molecule has 0 amide bonds. The van der Waals surface area contributed by atoms with Crippen LogP contribution in [0.1, 0.15) is 28.6 Å². The number of benzene rings is 2. The number of halogens is 1. The van der Waals surface area contributed by atoms with Gasteiger partial charge in [0.1, 0.15) is 11.9 Å². The van der Waals surface area contributed by atoms with Crippen LogP contribution in [0.3, 0.4) is 0 Å². The Morgan fingerprint density at radius 3 is 2.59 bits per heavy atom. The third kappa shape index (κ3) is 3.73. The second-order valence-corrected chi connectivity index (χ2v) is 8.49. The largest absolute Gasteiger partial charge is 0.370 e. The molecule has 1 aliphatic heterocycles. The molecule has 5 rings (SSSR count). The second-order valence-electron chi connectivity index (χ2n) is 8.49. The summed E-state index contributed by atoms with van der Waals surface area (Å²) in [6.07, 6.45) is 3.76. The maximum absolute atomic E-state index is 15.0. The summed E-state index contributed by atoms with van der Waals surface area (Å²) in [4.78, 5) is 11.8. The van der Waals surface area contributed by atoms with E-state index in [2.05, 4.69) is 16.1 Å². The first-order valence-electron chi connectivity index (χ1n) is 10.8. The molecule has 0 spiro atoms. The first-order chi connectivity index (χ1) is 15.4. The average molecular weight is 432 g/mol. The standard InChI is InChI=1S/C25H26FN5O/c1-15-5-6-20(22(26)9-15)21-10-19(11-23-25(21)29-17(3)16(2)28-23)31-7-8-32-24(14-31)18-12-27-30(4)13-18/h5-6,9-13,24H,7-8,14H2,1-4H3. The molecule has 0 N–H and O–H groups in total. The van der Waals surface area contributed by atoms with E-state index in [0.717, 1.165) is 51.3 Å². The molecular weight excluding hydrogens is 405 g/mol. The summed E-state index contributed by atoms with van der Waals surface area (Å²) >= 11 is 0. The van der Waals surface area contributed by atoms with Gasteiger partial charge in [-0.15, -0.1) is 0 Å². The van der Waals surface area contributed by atoms with Gasteiger partial charge < -0.3 is 9.64 Å². The normalized spacial score (nSPS) is 16.7. The zero-order valence-corrected chi connectivity index (χ0v) is 18.8. The summed E-state index contributed by atoms with van der Waals surface area (Å²) in [5.74, 6) is -0.251. The van der Waals surface area contributed by atoms with E-state index in [0.29, 0.717) is 18.7 Å². The molecule has 1 fully saturated rings. The molecule has 3 heterocycles. The van der Waals surface area contributed by atoms with Gasteiger partial charge in [-0.25, -0.2) is 14.4 Å². The molecule has 0 saturated carbocycles. The van der Waals surface area contributed by atoms with Crippen molar-refractivity contribution in [3.8, 4) is 11.1 Å². The smallest absolute Gasteiger partial charge is 0.131 e. The van der Waals surface area contributed by atoms with Crippen LogP contribution in [-0.2, 0) is 11.8 Å². The van der Waals surface area contributed by atoms with Gasteiger partial charge in [0.05, 0.1) is 35.2 Å². The van der Waals surface area contributed by atoms with Crippen LogP contribution in [0.4, 0.5) is 10.1 Å². The number of ether oxygens (including phenoxy) is 1. The highest BCUT2D eigenvalue weighted by Gasteiger charge is 2.25. The molecule has 0 bridgehead atoms. The Morgan fingerprint density at radius 1 is 1.03 bits per heavy atom. The maximum atomic E-state index is 15.0.